The molecular weight excluding hydrogens is 376 g/mol. The van der Waals surface area contributed by atoms with Gasteiger partial charge in [0.2, 0.25) is 0 Å². The van der Waals surface area contributed by atoms with E-state index in [0.717, 1.165) is 10.8 Å². The van der Waals surface area contributed by atoms with E-state index in [0.29, 0.717) is 10.4 Å². The molecule has 0 aliphatic heterocycles. The molecule has 0 atom stereocenters. The first-order chi connectivity index (χ1) is 11.6. The number of pyridine rings is 1. The van der Waals surface area contributed by atoms with Gasteiger partial charge in [-0.05, 0) is 41.2 Å². The molecule has 1 aromatic carbocycles. The molecule has 0 aliphatic carbocycles. The van der Waals surface area contributed by atoms with Gasteiger partial charge < -0.3 is 14.8 Å². The lowest BCUT2D eigenvalue weighted by atomic mass is 10.2. The van der Waals surface area contributed by atoms with Crippen molar-refractivity contribution in [2.45, 2.75) is 13.8 Å². The first kappa shape index (κ1) is 17.9. The average Bonchev–Trinajstić information content (AvgIpc) is 2.55. The number of nitrogens with zero attached hydrogens (tertiary/aromatic N) is 1. The van der Waals surface area contributed by atoms with Gasteiger partial charge >= 0.3 is 11.9 Å². The number of benzene rings is 1. The number of nitrogens with one attached hydrogen (secondary N) is 1. The number of hydrogen-bond acceptors (Lipinski definition) is 6. The zero-order valence-corrected chi connectivity index (χ0v) is 14.9. The van der Waals surface area contributed by atoms with Crippen molar-refractivity contribution in [1.29, 1.82) is 0 Å². The summed E-state index contributed by atoms with van der Waals surface area (Å²) in [6, 6.07) is 9.52. The van der Waals surface area contributed by atoms with Crippen LogP contribution in [0, 0.1) is 0 Å². The number of fused-ring (bicyclic) bond motifs is 1. The van der Waals surface area contributed by atoms with Crippen molar-refractivity contribution in [1.82, 2.24) is 4.98 Å². The largest absolute Gasteiger partial charge is 0.462 e. The molecule has 0 fully saturated rings. The minimum Gasteiger partial charge on any atom is -0.462 e. The zero-order valence-electron chi connectivity index (χ0n) is 13.3. The van der Waals surface area contributed by atoms with Crippen molar-refractivity contribution in [3.05, 3.63) is 46.7 Å². The predicted octanol–water partition coefficient (Wildman–Crippen LogP) is 3.42. The van der Waals surface area contributed by atoms with Crippen LogP contribution < -0.4 is 5.32 Å². The minimum atomic E-state index is -0.747. The van der Waals surface area contributed by atoms with Gasteiger partial charge in [-0.1, -0.05) is 24.3 Å². The summed E-state index contributed by atoms with van der Waals surface area (Å²) in [5.41, 5.74) is -0.218. The molecule has 24 heavy (non-hydrogen) atoms. The summed E-state index contributed by atoms with van der Waals surface area (Å²) in [6.07, 6.45) is 1.25. The van der Waals surface area contributed by atoms with Crippen LogP contribution in [0.2, 0.25) is 0 Å². The Balaban J connectivity index is 2.30. The first-order valence-electron chi connectivity index (χ1n) is 7.43. The van der Waals surface area contributed by atoms with Crippen LogP contribution in [0.15, 0.2) is 46.7 Å². The van der Waals surface area contributed by atoms with Crippen molar-refractivity contribution in [2.75, 3.05) is 18.5 Å². The van der Waals surface area contributed by atoms with E-state index in [1.165, 1.54) is 6.20 Å². The molecule has 7 heteroatoms. The molecule has 1 heterocycles. The fourth-order valence-electron chi connectivity index (χ4n) is 2.00. The Morgan fingerprint density at radius 2 is 1.79 bits per heavy atom. The number of aromatic nitrogens is 1. The lowest BCUT2D eigenvalue weighted by Crippen LogP contribution is -2.19. The van der Waals surface area contributed by atoms with E-state index >= 15 is 0 Å². The van der Waals surface area contributed by atoms with Gasteiger partial charge in [-0.2, -0.15) is 0 Å². The molecule has 0 saturated carbocycles. The lowest BCUT2D eigenvalue weighted by Gasteiger charge is -2.08. The molecule has 0 spiro atoms. The van der Waals surface area contributed by atoms with Gasteiger partial charge in [-0.25, -0.2) is 14.6 Å². The quantitative estimate of drug-likeness (QED) is 0.267. The third-order valence-electron chi connectivity index (χ3n) is 3.05. The molecule has 0 aliphatic rings. The maximum atomic E-state index is 11.9. The van der Waals surface area contributed by atoms with Crippen LogP contribution in [0.5, 0.6) is 0 Å². The van der Waals surface area contributed by atoms with E-state index in [1.54, 1.807) is 13.8 Å². The normalized spacial score (nSPS) is 10.1. The first-order valence-corrected chi connectivity index (χ1v) is 8.22. The Hall–Kier alpha value is -2.41. The topological polar surface area (TPSA) is 77.5 Å². The Morgan fingerprint density at radius 1 is 1.17 bits per heavy atom. The third-order valence-corrected chi connectivity index (χ3v) is 3.65. The van der Waals surface area contributed by atoms with Crippen LogP contribution in [-0.2, 0) is 19.1 Å². The van der Waals surface area contributed by atoms with Crippen LogP contribution in [0.25, 0.3) is 10.8 Å². The fraction of sp³-hybridized carbons (Fsp3) is 0.235. The highest BCUT2D eigenvalue weighted by Gasteiger charge is 2.21. The van der Waals surface area contributed by atoms with Crippen molar-refractivity contribution in [3.63, 3.8) is 0 Å². The predicted molar refractivity (Wildman–Crippen MR) is 94.4 cm³/mol. The number of hydrogen-bond donors (Lipinski definition) is 1. The summed E-state index contributed by atoms with van der Waals surface area (Å²) in [4.78, 5) is 28.1. The third kappa shape index (κ3) is 4.32. The van der Waals surface area contributed by atoms with Crippen molar-refractivity contribution >= 4 is 44.5 Å². The van der Waals surface area contributed by atoms with E-state index in [1.807, 2.05) is 30.3 Å². The van der Waals surface area contributed by atoms with E-state index in [4.69, 9.17) is 9.47 Å². The highest BCUT2D eigenvalue weighted by molar-refractivity contribution is 9.10. The maximum Gasteiger partial charge on any atom is 0.347 e. The van der Waals surface area contributed by atoms with Crippen molar-refractivity contribution in [3.8, 4) is 0 Å². The van der Waals surface area contributed by atoms with Gasteiger partial charge in [-0.3, -0.25) is 0 Å². The number of esters is 2. The molecule has 0 bridgehead atoms. The van der Waals surface area contributed by atoms with E-state index in [2.05, 4.69) is 26.2 Å². The molecular formula is C17H17BrN2O4. The van der Waals surface area contributed by atoms with Crippen LogP contribution in [-0.4, -0.2) is 30.1 Å². The van der Waals surface area contributed by atoms with Crippen molar-refractivity contribution in [2.24, 2.45) is 0 Å². The Bertz CT molecular complexity index is 769. The fourth-order valence-corrected chi connectivity index (χ4v) is 2.55. The van der Waals surface area contributed by atoms with E-state index < -0.39 is 11.9 Å². The molecule has 0 unspecified atom stereocenters. The van der Waals surface area contributed by atoms with Crippen LogP contribution in [0.1, 0.15) is 13.8 Å². The van der Waals surface area contributed by atoms with Crippen LogP contribution >= 0.6 is 15.9 Å². The highest BCUT2D eigenvalue weighted by atomic mass is 79.9. The smallest absolute Gasteiger partial charge is 0.347 e. The molecule has 1 aromatic heterocycles. The number of carbonyl (C=O) groups is 2. The Kier molecular flexibility index (Phi) is 6.31. The summed E-state index contributed by atoms with van der Waals surface area (Å²) in [7, 11) is 0. The standard InChI is InChI=1S/C17H17BrN2O4/c1-3-23-16(21)13(17(22)24-4-2)10-19-14-9-11-7-5-6-8-12(11)15(18)20-14/h5-10H,3-4H2,1-2H3,(H,19,20). The molecule has 126 valence electrons. The van der Waals surface area contributed by atoms with E-state index in [-0.39, 0.29) is 18.8 Å². The van der Waals surface area contributed by atoms with Gasteiger partial charge in [0.25, 0.3) is 0 Å². The SMILES string of the molecule is CCOC(=O)C(=CNc1cc2ccccc2c(Br)n1)C(=O)OCC. The van der Waals surface area contributed by atoms with E-state index in [9.17, 15) is 9.59 Å². The number of anilines is 1. The summed E-state index contributed by atoms with van der Waals surface area (Å²) in [6.45, 7) is 3.65. The number of ether oxygens (including phenoxy) is 2. The second kappa shape index (κ2) is 8.44. The summed E-state index contributed by atoms with van der Waals surface area (Å²) in [5.74, 6) is -1.02. The monoisotopic (exact) mass is 392 g/mol. The molecule has 2 rings (SSSR count). The number of halogens is 1. The molecule has 0 amide bonds. The lowest BCUT2D eigenvalue weighted by molar-refractivity contribution is -0.146. The van der Waals surface area contributed by atoms with Crippen LogP contribution in [0.3, 0.4) is 0 Å². The molecule has 0 radical (unpaired) electrons. The molecule has 2 aromatic rings. The second-order valence-electron chi connectivity index (χ2n) is 4.66. The van der Waals surface area contributed by atoms with Gasteiger partial charge in [-0.15, -0.1) is 0 Å². The van der Waals surface area contributed by atoms with Gasteiger partial charge in [0.05, 0.1) is 13.2 Å². The van der Waals surface area contributed by atoms with Gasteiger partial charge in [0.15, 0.2) is 5.57 Å². The van der Waals surface area contributed by atoms with Gasteiger partial charge in [0, 0.05) is 11.6 Å². The summed E-state index contributed by atoms with van der Waals surface area (Å²) < 4.78 is 10.4. The molecule has 1 N–H and O–H groups in total. The highest BCUT2D eigenvalue weighted by Crippen LogP contribution is 2.24. The number of carbonyl (C=O) groups excluding carboxylic acids is 2. The van der Waals surface area contributed by atoms with Crippen LogP contribution in [0.4, 0.5) is 5.82 Å². The second-order valence-corrected chi connectivity index (χ2v) is 5.41. The zero-order chi connectivity index (χ0) is 17.5. The van der Waals surface area contributed by atoms with Gasteiger partial charge in [0.1, 0.15) is 10.4 Å². The summed E-state index contributed by atoms with van der Waals surface area (Å²) >= 11 is 3.41. The molecule has 0 saturated heterocycles. The Morgan fingerprint density at radius 3 is 2.42 bits per heavy atom. The number of rotatable bonds is 6. The summed E-state index contributed by atoms with van der Waals surface area (Å²) in [5, 5.41) is 4.77. The van der Waals surface area contributed by atoms with Crippen molar-refractivity contribution < 1.29 is 19.1 Å². The maximum absolute atomic E-state index is 11.9. The average molecular weight is 393 g/mol. The molecule has 6 nitrogen and oxygen atoms in total. The minimum absolute atomic E-state index is 0.162. The Labute approximate surface area is 148 Å².